The van der Waals surface area contributed by atoms with Crippen LogP contribution in [0.25, 0.3) is 0 Å². The summed E-state index contributed by atoms with van der Waals surface area (Å²) >= 11 is 0. The Morgan fingerprint density at radius 2 is 2.00 bits per heavy atom. The Bertz CT molecular complexity index is 332. The molecule has 0 unspecified atom stereocenters. The Morgan fingerprint density at radius 1 is 1.20 bits per heavy atom. The van der Waals surface area contributed by atoms with Gasteiger partial charge in [0.1, 0.15) is 0 Å². The fourth-order valence-electron chi connectivity index (χ4n) is 3.36. The molecule has 1 aromatic carbocycles. The monoisotopic (exact) mass is 201 g/mol. The van der Waals surface area contributed by atoms with Crippen molar-refractivity contribution in [2.24, 2.45) is 5.92 Å². The summed E-state index contributed by atoms with van der Waals surface area (Å²) in [7, 11) is 0. The van der Waals surface area contributed by atoms with E-state index in [4.69, 9.17) is 0 Å². The topological polar surface area (TPSA) is 3.24 Å². The quantitative estimate of drug-likeness (QED) is 0.710. The largest absolute Gasteiger partial charge is 0.293 e. The van der Waals surface area contributed by atoms with Crippen LogP contribution < -0.4 is 0 Å². The summed E-state index contributed by atoms with van der Waals surface area (Å²) in [6.45, 7) is 3.69. The number of hydrogen-bond donors (Lipinski definition) is 0. The van der Waals surface area contributed by atoms with E-state index in [1.807, 2.05) is 0 Å². The Kier molecular flexibility index (Phi) is 2.28. The number of benzene rings is 1. The highest BCUT2D eigenvalue weighted by Crippen LogP contribution is 2.41. The molecule has 1 nitrogen and oxygen atoms in total. The van der Waals surface area contributed by atoms with Gasteiger partial charge in [-0.15, -0.1) is 0 Å². The van der Waals surface area contributed by atoms with Gasteiger partial charge in [0.2, 0.25) is 0 Å². The predicted molar refractivity (Wildman–Crippen MR) is 62.7 cm³/mol. The first-order valence-electron chi connectivity index (χ1n) is 6.15. The molecule has 0 spiro atoms. The molecule has 2 bridgehead atoms. The van der Waals surface area contributed by atoms with Gasteiger partial charge in [0, 0.05) is 18.6 Å². The zero-order chi connectivity index (χ0) is 10.3. The molecule has 1 aliphatic heterocycles. The Balaban J connectivity index is 1.78. The molecule has 1 heteroatoms. The minimum atomic E-state index is 0.612. The van der Waals surface area contributed by atoms with Crippen LogP contribution in [-0.2, 0) is 0 Å². The van der Waals surface area contributed by atoms with Gasteiger partial charge >= 0.3 is 0 Å². The van der Waals surface area contributed by atoms with Gasteiger partial charge in [-0.05, 0) is 37.7 Å². The molecule has 1 saturated heterocycles. The maximum atomic E-state index is 2.71. The van der Waals surface area contributed by atoms with Gasteiger partial charge in [0.25, 0.3) is 0 Å². The van der Waals surface area contributed by atoms with Crippen molar-refractivity contribution in [1.29, 1.82) is 0 Å². The molecule has 1 saturated carbocycles. The van der Waals surface area contributed by atoms with Gasteiger partial charge in [0.05, 0.1) is 0 Å². The van der Waals surface area contributed by atoms with Crippen LogP contribution in [0.15, 0.2) is 30.3 Å². The third-order valence-corrected chi connectivity index (χ3v) is 4.23. The van der Waals surface area contributed by atoms with Crippen LogP contribution in [0.5, 0.6) is 0 Å². The fraction of sp³-hybridized carbons (Fsp3) is 0.571. The summed E-state index contributed by atoms with van der Waals surface area (Å²) in [5.41, 5.74) is 1.48. The van der Waals surface area contributed by atoms with Crippen LogP contribution >= 0.6 is 0 Å². The summed E-state index contributed by atoms with van der Waals surface area (Å²) in [5.74, 6) is 1.00. The first-order valence-corrected chi connectivity index (χ1v) is 6.15. The highest BCUT2D eigenvalue weighted by Gasteiger charge is 2.39. The third kappa shape index (κ3) is 1.59. The van der Waals surface area contributed by atoms with Crippen molar-refractivity contribution in [3.63, 3.8) is 0 Å². The van der Waals surface area contributed by atoms with Gasteiger partial charge in [-0.2, -0.15) is 0 Å². The van der Waals surface area contributed by atoms with E-state index in [-0.39, 0.29) is 0 Å². The maximum absolute atomic E-state index is 2.71. The standard InChI is InChI=1S/C14H19N/c1-11(13-5-3-2-4-6-13)15-10-12-7-8-14(15)9-12/h2-6,11-12,14H,7-10H2,1H3/t11-,12+,14-/m0/s1. The predicted octanol–water partition coefficient (Wildman–Crippen LogP) is 3.23. The number of fused-ring (bicyclic) bond motifs is 2. The summed E-state index contributed by atoms with van der Waals surface area (Å²) in [6.07, 6.45) is 4.36. The Labute approximate surface area is 92.1 Å². The Hall–Kier alpha value is -0.820. The maximum Gasteiger partial charge on any atom is 0.0322 e. The summed E-state index contributed by atoms with van der Waals surface area (Å²) in [4.78, 5) is 2.71. The number of likely N-dealkylation sites (tertiary alicyclic amines) is 1. The molecule has 3 rings (SSSR count). The average molecular weight is 201 g/mol. The number of rotatable bonds is 2. The second-order valence-electron chi connectivity index (χ2n) is 5.12. The van der Waals surface area contributed by atoms with E-state index in [0.717, 1.165) is 12.0 Å². The second kappa shape index (κ2) is 3.64. The van der Waals surface area contributed by atoms with Crippen molar-refractivity contribution in [2.75, 3.05) is 6.54 Å². The molecule has 2 fully saturated rings. The van der Waals surface area contributed by atoms with Crippen molar-refractivity contribution < 1.29 is 0 Å². The van der Waals surface area contributed by atoms with Crippen molar-refractivity contribution in [2.45, 2.75) is 38.3 Å². The molecular formula is C14H19N. The van der Waals surface area contributed by atoms with E-state index in [0.29, 0.717) is 6.04 Å². The van der Waals surface area contributed by atoms with Crippen molar-refractivity contribution in [3.05, 3.63) is 35.9 Å². The molecule has 15 heavy (non-hydrogen) atoms. The summed E-state index contributed by atoms with van der Waals surface area (Å²) in [6, 6.07) is 12.4. The van der Waals surface area contributed by atoms with E-state index in [1.165, 1.54) is 31.4 Å². The molecule has 0 N–H and O–H groups in total. The highest BCUT2D eigenvalue weighted by molar-refractivity contribution is 5.19. The van der Waals surface area contributed by atoms with E-state index in [2.05, 4.69) is 42.2 Å². The van der Waals surface area contributed by atoms with Gasteiger partial charge < -0.3 is 0 Å². The van der Waals surface area contributed by atoms with Crippen LogP contribution in [0.4, 0.5) is 0 Å². The van der Waals surface area contributed by atoms with Gasteiger partial charge in [-0.3, -0.25) is 4.90 Å². The molecule has 0 aromatic heterocycles. The number of nitrogens with zero attached hydrogens (tertiary/aromatic N) is 1. The van der Waals surface area contributed by atoms with Gasteiger partial charge in [-0.25, -0.2) is 0 Å². The highest BCUT2D eigenvalue weighted by atomic mass is 15.2. The van der Waals surface area contributed by atoms with E-state index < -0.39 is 0 Å². The van der Waals surface area contributed by atoms with Crippen molar-refractivity contribution in [1.82, 2.24) is 4.90 Å². The lowest BCUT2D eigenvalue weighted by Gasteiger charge is -2.33. The second-order valence-corrected chi connectivity index (χ2v) is 5.12. The lowest BCUT2D eigenvalue weighted by Crippen LogP contribution is -2.34. The number of piperidine rings is 1. The first-order chi connectivity index (χ1) is 7.34. The van der Waals surface area contributed by atoms with Crippen LogP contribution in [0.2, 0.25) is 0 Å². The van der Waals surface area contributed by atoms with Crippen molar-refractivity contribution in [3.8, 4) is 0 Å². The molecule has 80 valence electrons. The minimum Gasteiger partial charge on any atom is -0.293 e. The molecule has 1 aliphatic carbocycles. The molecule has 0 amide bonds. The molecule has 1 aromatic rings. The van der Waals surface area contributed by atoms with Crippen molar-refractivity contribution >= 4 is 0 Å². The van der Waals surface area contributed by atoms with Crippen LogP contribution in [0, 0.1) is 5.92 Å². The van der Waals surface area contributed by atoms with Gasteiger partial charge in [-0.1, -0.05) is 30.3 Å². The first kappa shape index (κ1) is 9.41. The third-order valence-electron chi connectivity index (χ3n) is 4.23. The fourth-order valence-corrected chi connectivity index (χ4v) is 3.36. The van der Waals surface area contributed by atoms with Crippen LogP contribution in [0.3, 0.4) is 0 Å². The van der Waals surface area contributed by atoms with E-state index in [9.17, 15) is 0 Å². The van der Waals surface area contributed by atoms with Crippen LogP contribution in [0.1, 0.15) is 37.8 Å². The molecule has 2 aliphatic rings. The summed E-state index contributed by atoms with van der Waals surface area (Å²) < 4.78 is 0. The van der Waals surface area contributed by atoms with Crippen LogP contribution in [-0.4, -0.2) is 17.5 Å². The zero-order valence-electron chi connectivity index (χ0n) is 9.39. The Morgan fingerprint density at radius 3 is 2.60 bits per heavy atom. The normalized spacial score (nSPS) is 32.1. The molecule has 1 heterocycles. The smallest absolute Gasteiger partial charge is 0.0322 e. The molecule has 0 radical (unpaired) electrons. The van der Waals surface area contributed by atoms with E-state index >= 15 is 0 Å². The lowest BCUT2D eigenvalue weighted by atomic mass is 10.0. The average Bonchev–Trinajstić information content (AvgIpc) is 2.91. The minimum absolute atomic E-state index is 0.612. The zero-order valence-corrected chi connectivity index (χ0v) is 9.39. The lowest BCUT2D eigenvalue weighted by molar-refractivity contribution is 0.160. The molecule has 3 atom stereocenters. The van der Waals surface area contributed by atoms with Gasteiger partial charge in [0.15, 0.2) is 0 Å². The van der Waals surface area contributed by atoms with E-state index in [1.54, 1.807) is 0 Å². The SMILES string of the molecule is C[C@@H](c1ccccc1)N1C[C@@H]2CC[C@H]1C2. The molecular weight excluding hydrogens is 182 g/mol. The number of hydrogen-bond acceptors (Lipinski definition) is 1. The summed E-state index contributed by atoms with van der Waals surface area (Å²) in [5, 5.41) is 0.